The van der Waals surface area contributed by atoms with Gasteiger partial charge in [0, 0.05) is 0 Å². The molecule has 0 N–H and O–H groups in total. The van der Waals surface area contributed by atoms with E-state index in [9.17, 15) is 8.78 Å². The van der Waals surface area contributed by atoms with Crippen molar-refractivity contribution in [3.8, 4) is 0 Å². The Kier molecular flexibility index (Phi) is 8.20. The highest BCUT2D eigenvalue weighted by molar-refractivity contribution is 6.72. The maximum Gasteiger partial charge on any atom is 0.317 e. The fourth-order valence-corrected chi connectivity index (χ4v) is 3.66. The van der Waals surface area contributed by atoms with Gasteiger partial charge in [-0.15, -0.1) is 23.2 Å². The highest BCUT2D eigenvalue weighted by Crippen LogP contribution is 2.62. The predicted molar refractivity (Wildman–Crippen MR) is 88.9 cm³/mol. The van der Waals surface area contributed by atoms with E-state index in [2.05, 4.69) is 0 Å². The average molecular weight is 515 g/mol. The number of halogens is 13. The third kappa shape index (κ3) is 4.17. The Morgan fingerprint density at radius 3 is 1.40 bits per heavy atom. The molecule has 20 heavy (non-hydrogen) atoms. The van der Waals surface area contributed by atoms with Gasteiger partial charge in [0.15, 0.2) is 4.33 Å². The molecule has 0 nitrogen and oxygen atoms in total. The molecule has 0 aliphatic heterocycles. The molecule has 1 atom stereocenters. The van der Waals surface area contributed by atoms with Crippen molar-refractivity contribution < 1.29 is 8.78 Å². The lowest BCUT2D eigenvalue weighted by Gasteiger charge is -2.45. The largest absolute Gasteiger partial charge is 0.317 e. The van der Waals surface area contributed by atoms with Gasteiger partial charge in [-0.2, -0.15) is 8.78 Å². The first-order valence-electron chi connectivity index (χ1n) is 4.25. The molecule has 0 radical (unpaired) electrons. The number of hydrogen-bond donors (Lipinski definition) is 0. The fourth-order valence-electron chi connectivity index (χ4n) is 0.888. The lowest BCUT2D eigenvalue weighted by molar-refractivity contribution is -0.0365. The molecular formula is C7H3Cl11F2. The topological polar surface area (TPSA) is 0 Å². The second-order valence-corrected chi connectivity index (χ2v) is 10.8. The van der Waals surface area contributed by atoms with E-state index < -0.39 is 34.0 Å². The quantitative estimate of drug-likeness (QED) is 0.336. The highest BCUT2D eigenvalue weighted by Gasteiger charge is 2.75. The number of rotatable bonds is 5. The maximum atomic E-state index is 14.4. The van der Waals surface area contributed by atoms with E-state index in [1.807, 2.05) is 0 Å². The third-order valence-electron chi connectivity index (χ3n) is 2.05. The monoisotopic (exact) mass is 510 g/mol. The smallest absolute Gasteiger partial charge is 0.200 e. The molecule has 0 aromatic rings. The van der Waals surface area contributed by atoms with Gasteiger partial charge in [0.2, 0.25) is 12.5 Å². The summed E-state index contributed by atoms with van der Waals surface area (Å²) in [4.78, 5) is 0. The maximum absolute atomic E-state index is 14.4. The summed E-state index contributed by atoms with van der Waals surface area (Å²) in [5, 5.41) is -2.12. The Bertz CT molecular complexity index is 347. The van der Waals surface area contributed by atoms with Gasteiger partial charge in [0.05, 0.1) is 5.88 Å². The van der Waals surface area contributed by atoms with Crippen molar-refractivity contribution in [1.82, 2.24) is 0 Å². The average Bonchev–Trinajstić information content (AvgIpc) is 2.25. The van der Waals surface area contributed by atoms with Gasteiger partial charge < -0.3 is 0 Å². The van der Waals surface area contributed by atoms with Crippen LogP contribution in [-0.4, -0.2) is 34.0 Å². The second kappa shape index (κ2) is 7.12. The van der Waals surface area contributed by atoms with E-state index >= 15 is 0 Å². The molecule has 0 amide bonds. The van der Waals surface area contributed by atoms with Gasteiger partial charge in [-0.1, -0.05) is 104 Å². The molecule has 0 rings (SSSR count). The SMILES string of the molecule is FC(F)(C(Cl)(Cl)C(Cl)C(Cl)(Cl)Cl)C(Cl)(Cl)C(Cl)(Cl)CCl. The summed E-state index contributed by atoms with van der Waals surface area (Å²) in [6.45, 7) is 0. The molecule has 0 saturated carbocycles. The highest BCUT2D eigenvalue weighted by atomic mass is 35.6. The normalized spacial score (nSPS) is 17.2. The van der Waals surface area contributed by atoms with E-state index in [4.69, 9.17) is 128 Å². The molecule has 0 heterocycles. The Morgan fingerprint density at radius 1 is 0.800 bits per heavy atom. The fraction of sp³-hybridized carbons (Fsp3) is 1.00. The van der Waals surface area contributed by atoms with Gasteiger partial charge in [-0.3, -0.25) is 0 Å². The molecule has 0 aliphatic rings. The molecule has 0 aromatic carbocycles. The van der Waals surface area contributed by atoms with E-state index in [0.717, 1.165) is 0 Å². The first-order chi connectivity index (χ1) is 8.47. The zero-order valence-electron chi connectivity index (χ0n) is 8.70. The minimum absolute atomic E-state index is 0.775. The van der Waals surface area contributed by atoms with Crippen LogP contribution in [-0.2, 0) is 0 Å². The lowest BCUT2D eigenvalue weighted by Crippen LogP contribution is -2.64. The van der Waals surface area contributed by atoms with Crippen LogP contribution in [0.25, 0.3) is 0 Å². The Labute approximate surface area is 169 Å². The van der Waals surface area contributed by atoms with Crippen molar-refractivity contribution >= 4 is 128 Å². The molecule has 0 aromatic heterocycles. The van der Waals surface area contributed by atoms with Gasteiger partial charge >= 0.3 is 5.92 Å². The summed E-state index contributed by atoms with van der Waals surface area (Å²) >= 11 is 60.2. The third-order valence-corrected chi connectivity index (χ3v) is 7.84. The van der Waals surface area contributed by atoms with Crippen molar-refractivity contribution in [3.63, 3.8) is 0 Å². The van der Waals surface area contributed by atoms with E-state index in [0.29, 0.717) is 0 Å². The molecule has 0 fully saturated rings. The molecule has 0 spiro atoms. The number of alkyl halides is 13. The Balaban J connectivity index is 5.85. The Hall–Kier alpha value is 3.05. The van der Waals surface area contributed by atoms with Gasteiger partial charge in [0.25, 0.3) is 0 Å². The summed E-state index contributed by atoms with van der Waals surface area (Å²) in [5.74, 6) is -5.19. The van der Waals surface area contributed by atoms with Crippen LogP contribution < -0.4 is 0 Å². The zero-order chi connectivity index (χ0) is 16.8. The van der Waals surface area contributed by atoms with Crippen molar-refractivity contribution in [2.45, 2.75) is 28.1 Å². The summed E-state index contributed by atoms with van der Waals surface area (Å²) < 4.78 is 17.4. The molecule has 1 unspecified atom stereocenters. The molecule has 0 aliphatic carbocycles. The van der Waals surface area contributed by atoms with Crippen LogP contribution in [0, 0.1) is 0 Å². The van der Waals surface area contributed by atoms with Crippen LogP contribution in [0.1, 0.15) is 0 Å². The molecular weight excluding hydrogens is 512 g/mol. The summed E-state index contributed by atoms with van der Waals surface area (Å²) in [6.07, 6.45) is 0. The van der Waals surface area contributed by atoms with Crippen LogP contribution in [0.2, 0.25) is 0 Å². The molecule has 13 heteroatoms. The van der Waals surface area contributed by atoms with E-state index in [1.54, 1.807) is 0 Å². The summed E-state index contributed by atoms with van der Waals surface area (Å²) in [7, 11) is 0. The first kappa shape index (κ1) is 23.1. The standard InChI is InChI=1S/C7H3Cl11F2/c8-1-3(10,11)6(17,18)7(19,20)4(12,13)2(9)5(14,15)16/h2H,1H2. The summed E-state index contributed by atoms with van der Waals surface area (Å²) in [6, 6.07) is 0. The van der Waals surface area contributed by atoms with Crippen molar-refractivity contribution in [2.75, 3.05) is 5.88 Å². The van der Waals surface area contributed by atoms with E-state index in [1.165, 1.54) is 0 Å². The van der Waals surface area contributed by atoms with Crippen LogP contribution in [0.4, 0.5) is 8.78 Å². The van der Waals surface area contributed by atoms with Crippen LogP contribution in [0.5, 0.6) is 0 Å². The van der Waals surface area contributed by atoms with Gasteiger partial charge in [0.1, 0.15) is 5.38 Å². The molecule has 122 valence electrons. The number of hydrogen-bond acceptors (Lipinski definition) is 0. The van der Waals surface area contributed by atoms with Gasteiger partial charge in [-0.25, -0.2) is 0 Å². The zero-order valence-corrected chi connectivity index (χ0v) is 17.0. The van der Waals surface area contributed by atoms with E-state index in [-0.39, 0.29) is 0 Å². The van der Waals surface area contributed by atoms with Crippen molar-refractivity contribution in [2.24, 2.45) is 0 Å². The van der Waals surface area contributed by atoms with Crippen LogP contribution >= 0.6 is 128 Å². The van der Waals surface area contributed by atoms with Crippen LogP contribution in [0.15, 0.2) is 0 Å². The van der Waals surface area contributed by atoms with Crippen molar-refractivity contribution in [3.05, 3.63) is 0 Å². The molecule has 0 bridgehead atoms. The summed E-state index contributed by atoms with van der Waals surface area (Å²) in [5.41, 5.74) is 0. The predicted octanol–water partition coefficient (Wildman–Crippen LogP) is 7.36. The first-order valence-corrected chi connectivity index (χ1v) is 8.62. The Morgan fingerprint density at radius 2 is 1.15 bits per heavy atom. The second-order valence-electron chi connectivity index (χ2n) is 3.51. The minimum atomic E-state index is -4.42. The minimum Gasteiger partial charge on any atom is -0.200 e. The van der Waals surface area contributed by atoms with Gasteiger partial charge in [-0.05, 0) is 0 Å². The molecule has 0 saturated heterocycles. The lowest BCUT2D eigenvalue weighted by atomic mass is 10.1. The van der Waals surface area contributed by atoms with Crippen molar-refractivity contribution in [1.29, 1.82) is 0 Å². The van der Waals surface area contributed by atoms with Crippen LogP contribution in [0.3, 0.4) is 0 Å².